The van der Waals surface area contributed by atoms with E-state index in [-0.39, 0.29) is 44.2 Å². The second-order valence-electron chi connectivity index (χ2n) is 4.80. The number of nitrogens with zero attached hydrogens (tertiary/aromatic N) is 1. The van der Waals surface area contributed by atoms with Gasteiger partial charge in [0.25, 0.3) is 11.8 Å². The third kappa shape index (κ3) is 5.48. The smallest absolute Gasteiger partial charge is 0.333 e. The molecular formula is C13H19NO6. The molecule has 7 heteroatoms. The molecule has 0 N–H and O–H groups in total. The van der Waals surface area contributed by atoms with Crippen molar-refractivity contribution in [3.05, 3.63) is 0 Å². The highest BCUT2D eigenvalue weighted by atomic mass is 16.7. The van der Waals surface area contributed by atoms with Crippen LogP contribution in [-0.4, -0.2) is 41.3 Å². The SMILES string of the molecule is CC(C)OCC(=O)CCCC(=O)ON1C(=O)CCC1=O. The Hall–Kier alpha value is -1.76. The number of imide groups is 1. The van der Waals surface area contributed by atoms with Crippen LogP contribution in [0.4, 0.5) is 0 Å². The summed E-state index contributed by atoms with van der Waals surface area (Å²) < 4.78 is 5.13. The predicted octanol–water partition coefficient (Wildman–Crippen LogP) is 0.758. The first-order valence-electron chi connectivity index (χ1n) is 6.60. The van der Waals surface area contributed by atoms with Crippen molar-refractivity contribution in [2.45, 2.75) is 52.1 Å². The summed E-state index contributed by atoms with van der Waals surface area (Å²) in [6.07, 6.45) is 0.591. The Morgan fingerprint density at radius 2 is 1.75 bits per heavy atom. The van der Waals surface area contributed by atoms with E-state index in [4.69, 9.17) is 4.74 Å². The van der Waals surface area contributed by atoms with Crippen molar-refractivity contribution in [2.24, 2.45) is 0 Å². The number of rotatable bonds is 8. The summed E-state index contributed by atoms with van der Waals surface area (Å²) in [4.78, 5) is 49.9. The number of ketones is 1. The number of hydrogen-bond acceptors (Lipinski definition) is 6. The first kappa shape index (κ1) is 16.3. The maximum atomic E-state index is 11.4. The molecule has 2 amide bonds. The van der Waals surface area contributed by atoms with Crippen LogP contribution in [0.3, 0.4) is 0 Å². The molecule has 1 saturated heterocycles. The lowest BCUT2D eigenvalue weighted by Gasteiger charge is -2.12. The molecule has 20 heavy (non-hydrogen) atoms. The van der Waals surface area contributed by atoms with Crippen LogP contribution < -0.4 is 0 Å². The van der Waals surface area contributed by atoms with E-state index < -0.39 is 17.8 Å². The monoisotopic (exact) mass is 285 g/mol. The van der Waals surface area contributed by atoms with Crippen molar-refractivity contribution in [3.8, 4) is 0 Å². The lowest BCUT2D eigenvalue weighted by Crippen LogP contribution is -2.32. The van der Waals surface area contributed by atoms with Crippen LogP contribution in [0.15, 0.2) is 0 Å². The van der Waals surface area contributed by atoms with Crippen molar-refractivity contribution < 1.29 is 28.8 Å². The fourth-order valence-corrected chi connectivity index (χ4v) is 1.57. The molecule has 0 saturated carbocycles. The number of Topliss-reactive ketones (excluding diaryl/α,β-unsaturated/α-hetero) is 1. The zero-order valence-corrected chi connectivity index (χ0v) is 11.7. The van der Waals surface area contributed by atoms with Crippen molar-refractivity contribution in [2.75, 3.05) is 6.61 Å². The molecule has 0 radical (unpaired) electrons. The highest BCUT2D eigenvalue weighted by Gasteiger charge is 2.32. The van der Waals surface area contributed by atoms with Gasteiger partial charge in [-0.1, -0.05) is 0 Å². The average molecular weight is 285 g/mol. The lowest BCUT2D eigenvalue weighted by atomic mass is 10.2. The van der Waals surface area contributed by atoms with Crippen LogP contribution in [0.2, 0.25) is 0 Å². The van der Waals surface area contributed by atoms with Crippen molar-refractivity contribution in [1.29, 1.82) is 0 Å². The van der Waals surface area contributed by atoms with E-state index in [9.17, 15) is 19.2 Å². The molecular weight excluding hydrogens is 266 g/mol. The molecule has 0 aromatic carbocycles. The van der Waals surface area contributed by atoms with E-state index in [1.165, 1.54) is 0 Å². The van der Waals surface area contributed by atoms with E-state index >= 15 is 0 Å². The van der Waals surface area contributed by atoms with E-state index in [0.717, 1.165) is 0 Å². The summed E-state index contributed by atoms with van der Waals surface area (Å²) in [6.45, 7) is 3.68. The standard InChI is InChI=1S/C13H19NO6/c1-9(2)19-8-10(15)4-3-5-13(18)20-14-11(16)6-7-12(14)17/h9H,3-8H2,1-2H3. The molecule has 7 nitrogen and oxygen atoms in total. The molecule has 0 bridgehead atoms. The Morgan fingerprint density at radius 3 is 2.30 bits per heavy atom. The molecule has 1 fully saturated rings. The maximum absolute atomic E-state index is 11.4. The van der Waals surface area contributed by atoms with Gasteiger partial charge in [-0.2, -0.15) is 0 Å². The van der Waals surface area contributed by atoms with Crippen molar-refractivity contribution in [3.63, 3.8) is 0 Å². The van der Waals surface area contributed by atoms with Gasteiger partial charge in [0.05, 0.1) is 6.10 Å². The summed E-state index contributed by atoms with van der Waals surface area (Å²) in [5, 5.41) is 0.506. The number of hydrogen-bond donors (Lipinski definition) is 0. The topological polar surface area (TPSA) is 90.0 Å². The third-order valence-corrected chi connectivity index (χ3v) is 2.61. The molecule has 0 aliphatic carbocycles. The van der Waals surface area contributed by atoms with Gasteiger partial charge < -0.3 is 9.57 Å². The minimum absolute atomic E-state index is 0.0175. The summed E-state index contributed by atoms with van der Waals surface area (Å²) in [7, 11) is 0. The van der Waals surface area contributed by atoms with Crippen molar-refractivity contribution >= 4 is 23.6 Å². The average Bonchev–Trinajstić information content (AvgIpc) is 2.68. The molecule has 0 aromatic heterocycles. The normalized spacial score (nSPS) is 15.1. The Bertz CT molecular complexity index is 388. The summed E-state index contributed by atoms with van der Waals surface area (Å²) in [5.74, 6) is -1.81. The number of amides is 2. The molecule has 0 aromatic rings. The Labute approximate surface area is 117 Å². The molecule has 1 rings (SSSR count). The zero-order valence-electron chi connectivity index (χ0n) is 11.7. The van der Waals surface area contributed by atoms with Gasteiger partial charge in [-0.05, 0) is 20.3 Å². The van der Waals surface area contributed by atoms with Gasteiger partial charge in [-0.25, -0.2) is 4.79 Å². The number of ether oxygens (including phenoxy) is 1. The minimum atomic E-state index is -0.689. The molecule has 0 unspecified atom stereocenters. The van der Waals surface area contributed by atoms with Crippen molar-refractivity contribution in [1.82, 2.24) is 5.06 Å². The number of carbonyl (C=O) groups is 4. The van der Waals surface area contributed by atoms with Gasteiger partial charge >= 0.3 is 5.97 Å². The van der Waals surface area contributed by atoms with Crippen LogP contribution in [0.1, 0.15) is 46.0 Å². The van der Waals surface area contributed by atoms with E-state index in [1.54, 1.807) is 0 Å². The number of carbonyl (C=O) groups excluding carboxylic acids is 4. The van der Waals surface area contributed by atoms with E-state index in [1.807, 2.05) is 13.8 Å². The molecule has 0 spiro atoms. The summed E-state index contributed by atoms with van der Waals surface area (Å²) >= 11 is 0. The Balaban J connectivity index is 2.19. The first-order valence-corrected chi connectivity index (χ1v) is 6.60. The van der Waals surface area contributed by atoms with Crippen LogP contribution in [-0.2, 0) is 28.8 Å². The fourth-order valence-electron chi connectivity index (χ4n) is 1.57. The van der Waals surface area contributed by atoms with E-state index in [0.29, 0.717) is 11.5 Å². The Kier molecular flexibility index (Phi) is 6.30. The second kappa shape index (κ2) is 7.74. The largest absolute Gasteiger partial charge is 0.371 e. The third-order valence-electron chi connectivity index (χ3n) is 2.61. The van der Waals surface area contributed by atoms with Gasteiger partial charge in [0.1, 0.15) is 6.61 Å². The van der Waals surface area contributed by atoms with Crippen LogP contribution >= 0.6 is 0 Å². The highest BCUT2D eigenvalue weighted by molar-refractivity contribution is 6.01. The van der Waals surface area contributed by atoms with Crippen LogP contribution in [0, 0.1) is 0 Å². The van der Waals surface area contributed by atoms with Gasteiger partial charge in [-0.15, -0.1) is 5.06 Å². The Morgan fingerprint density at radius 1 is 1.15 bits per heavy atom. The fraction of sp³-hybridized carbons (Fsp3) is 0.692. The molecule has 1 heterocycles. The zero-order chi connectivity index (χ0) is 15.1. The first-order chi connectivity index (χ1) is 9.40. The van der Waals surface area contributed by atoms with E-state index in [2.05, 4.69) is 4.84 Å². The van der Waals surface area contributed by atoms with Gasteiger partial charge in [0, 0.05) is 25.7 Å². The molecule has 0 atom stereocenters. The minimum Gasteiger partial charge on any atom is -0.371 e. The summed E-state index contributed by atoms with van der Waals surface area (Å²) in [6, 6.07) is 0. The molecule has 1 aliphatic rings. The quantitative estimate of drug-likeness (QED) is 0.611. The summed E-state index contributed by atoms with van der Waals surface area (Å²) in [5.41, 5.74) is 0. The van der Waals surface area contributed by atoms with Gasteiger partial charge in [-0.3, -0.25) is 14.4 Å². The predicted molar refractivity (Wildman–Crippen MR) is 67.1 cm³/mol. The molecule has 1 aliphatic heterocycles. The highest BCUT2D eigenvalue weighted by Crippen LogP contribution is 2.13. The van der Waals surface area contributed by atoms with Gasteiger partial charge in [0.15, 0.2) is 5.78 Å². The second-order valence-corrected chi connectivity index (χ2v) is 4.80. The number of hydroxylamine groups is 2. The van der Waals surface area contributed by atoms with Crippen LogP contribution in [0.5, 0.6) is 0 Å². The lowest BCUT2D eigenvalue weighted by molar-refractivity contribution is -0.197. The molecule has 112 valence electrons. The van der Waals surface area contributed by atoms with Crippen LogP contribution in [0.25, 0.3) is 0 Å². The maximum Gasteiger partial charge on any atom is 0.333 e. The van der Waals surface area contributed by atoms with Gasteiger partial charge in [0.2, 0.25) is 0 Å².